The zero-order valence-electron chi connectivity index (χ0n) is 12.3. The Morgan fingerprint density at radius 3 is 2.76 bits per heavy atom. The molecule has 0 aliphatic rings. The van der Waals surface area contributed by atoms with E-state index in [1.807, 2.05) is 13.8 Å². The van der Waals surface area contributed by atoms with Crippen molar-refractivity contribution in [1.82, 2.24) is 9.88 Å². The van der Waals surface area contributed by atoms with Gasteiger partial charge in [-0.2, -0.15) is 5.26 Å². The third kappa shape index (κ3) is 5.64. The molecule has 0 fully saturated rings. The zero-order valence-corrected chi connectivity index (χ0v) is 12.3. The second-order valence-electron chi connectivity index (χ2n) is 4.95. The predicted molar refractivity (Wildman–Crippen MR) is 79.2 cm³/mol. The second-order valence-corrected chi connectivity index (χ2v) is 4.95. The Balaban J connectivity index is 2.85. The van der Waals surface area contributed by atoms with Crippen molar-refractivity contribution < 1.29 is 9.90 Å². The van der Waals surface area contributed by atoms with Crippen LogP contribution in [-0.2, 0) is 0 Å². The molecule has 110 valence electrons. The standard InChI is InChI=1S/C16H19N3O2/c1-13(2)12-19(9-4-8-17)16(21)15-7-6-14(11-18-15)5-3-10-20/h6-7,11,13,20H,4,9-10,12H2,1-2H3. The highest BCUT2D eigenvalue weighted by Gasteiger charge is 2.17. The van der Waals surface area contributed by atoms with E-state index in [0.29, 0.717) is 36.7 Å². The van der Waals surface area contributed by atoms with Crippen LogP contribution in [0.15, 0.2) is 18.3 Å². The van der Waals surface area contributed by atoms with E-state index in [-0.39, 0.29) is 12.5 Å². The van der Waals surface area contributed by atoms with Gasteiger partial charge in [0.2, 0.25) is 0 Å². The van der Waals surface area contributed by atoms with E-state index >= 15 is 0 Å². The van der Waals surface area contributed by atoms with Crippen LogP contribution in [0.4, 0.5) is 0 Å². The summed E-state index contributed by atoms with van der Waals surface area (Å²) in [7, 11) is 0. The number of pyridine rings is 1. The molecule has 1 rings (SSSR count). The lowest BCUT2D eigenvalue weighted by atomic mass is 10.2. The molecule has 5 heteroatoms. The average molecular weight is 285 g/mol. The molecule has 1 N–H and O–H groups in total. The molecule has 5 nitrogen and oxygen atoms in total. The Labute approximate surface area is 125 Å². The number of amides is 1. The molecule has 1 aromatic rings. The maximum absolute atomic E-state index is 12.4. The first-order valence-electron chi connectivity index (χ1n) is 6.80. The van der Waals surface area contributed by atoms with Gasteiger partial charge in [-0.1, -0.05) is 25.7 Å². The first-order valence-corrected chi connectivity index (χ1v) is 6.80. The molecule has 0 aliphatic heterocycles. The fraction of sp³-hybridized carbons (Fsp3) is 0.438. The van der Waals surface area contributed by atoms with E-state index in [1.54, 1.807) is 17.0 Å². The summed E-state index contributed by atoms with van der Waals surface area (Å²) in [5, 5.41) is 17.3. The third-order valence-corrected chi connectivity index (χ3v) is 2.66. The Kier molecular flexibility index (Phi) is 6.94. The Morgan fingerprint density at radius 2 is 2.24 bits per heavy atom. The van der Waals surface area contributed by atoms with Gasteiger partial charge in [0.25, 0.3) is 5.91 Å². The average Bonchev–Trinajstić information content (AvgIpc) is 2.49. The molecule has 0 aliphatic carbocycles. The fourth-order valence-corrected chi connectivity index (χ4v) is 1.80. The number of nitrogens with zero attached hydrogens (tertiary/aromatic N) is 3. The lowest BCUT2D eigenvalue weighted by Crippen LogP contribution is -2.35. The Hall–Kier alpha value is -2.37. The highest BCUT2D eigenvalue weighted by atomic mass is 16.2. The van der Waals surface area contributed by atoms with Crippen molar-refractivity contribution >= 4 is 5.91 Å². The van der Waals surface area contributed by atoms with Gasteiger partial charge in [-0.15, -0.1) is 0 Å². The van der Waals surface area contributed by atoms with Crippen molar-refractivity contribution in [2.45, 2.75) is 20.3 Å². The molecule has 0 atom stereocenters. The molecule has 0 unspecified atom stereocenters. The fourth-order valence-electron chi connectivity index (χ4n) is 1.80. The van der Waals surface area contributed by atoms with E-state index in [0.717, 1.165) is 0 Å². The van der Waals surface area contributed by atoms with Crippen LogP contribution in [0.25, 0.3) is 0 Å². The van der Waals surface area contributed by atoms with Crippen LogP contribution in [0.2, 0.25) is 0 Å². The van der Waals surface area contributed by atoms with Crippen molar-refractivity contribution in [2.24, 2.45) is 5.92 Å². The number of nitriles is 1. The summed E-state index contributed by atoms with van der Waals surface area (Å²) < 4.78 is 0. The van der Waals surface area contributed by atoms with Crippen LogP contribution in [0.3, 0.4) is 0 Å². The molecule has 0 saturated carbocycles. The summed E-state index contributed by atoms with van der Waals surface area (Å²) in [6.07, 6.45) is 1.81. The summed E-state index contributed by atoms with van der Waals surface area (Å²) in [5.41, 5.74) is 0.983. The third-order valence-electron chi connectivity index (χ3n) is 2.66. The van der Waals surface area contributed by atoms with Gasteiger partial charge in [0.1, 0.15) is 12.3 Å². The summed E-state index contributed by atoms with van der Waals surface area (Å²) >= 11 is 0. The first-order chi connectivity index (χ1) is 10.1. The number of aromatic nitrogens is 1. The first kappa shape index (κ1) is 16.7. The highest BCUT2D eigenvalue weighted by molar-refractivity contribution is 5.92. The predicted octanol–water partition coefficient (Wildman–Crippen LogP) is 1.44. The van der Waals surface area contributed by atoms with Crippen LogP contribution >= 0.6 is 0 Å². The Morgan fingerprint density at radius 1 is 1.48 bits per heavy atom. The van der Waals surface area contributed by atoms with Crippen LogP contribution < -0.4 is 0 Å². The van der Waals surface area contributed by atoms with Crippen molar-refractivity contribution in [3.63, 3.8) is 0 Å². The van der Waals surface area contributed by atoms with Gasteiger partial charge < -0.3 is 10.0 Å². The largest absolute Gasteiger partial charge is 0.384 e. The molecular weight excluding hydrogens is 266 g/mol. The number of rotatable bonds is 5. The van der Waals surface area contributed by atoms with Crippen molar-refractivity contribution in [3.8, 4) is 17.9 Å². The van der Waals surface area contributed by atoms with Crippen molar-refractivity contribution in [3.05, 3.63) is 29.6 Å². The number of hydrogen-bond acceptors (Lipinski definition) is 4. The minimum Gasteiger partial charge on any atom is -0.384 e. The summed E-state index contributed by atoms with van der Waals surface area (Å²) in [5.74, 6) is 5.39. The van der Waals surface area contributed by atoms with E-state index in [2.05, 4.69) is 22.9 Å². The van der Waals surface area contributed by atoms with Crippen LogP contribution in [0.5, 0.6) is 0 Å². The monoisotopic (exact) mass is 285 g/mol. The van der Waals surface area contributed by atoms with E-state index in [4.69, 9.17) is 10.4 Å². The van der Waals surface area contributed by atoms with E-state index < -0.39 is 0 Å². The molecule has 0 aromatic carbocycles. The van der Waals surface area contributed by atoms with Crippen molar-refractivity contribution in [2.75, 3.05) is 19.7 Å². The Bertz CT molecular complexity index is 562. The van der Waals surface area contributed by atoms with Gasteiger partial charge in [0.05, 0.1) is 12.5 Å². The number of carbonyl (C=O) groups excluding carboxylic acids is 1. The van der Waals surface area contributed by atoms with Gasteiger partial charge >= 0.3 is 0 Å². The summed E-state index contributed by atoms with van der Waals surface area (Å²) in [6, 6.07) is 5.36. The molecule has 21 heavy (non-hydrogen) atoms. The molecule has 0 saturated heterocycles. The molecular formula is C16H19N3O2. The van der Waals surface area contributed by atoms with Gasteiger partial charge in [0.15, 0.2) is 0 Å². The lowest BCUT2D eigenvalue weighted by Gasteiger charge is -2.23. The minimum absolute atomic E-state index is 0.180. The number of aliphatic hydroxyl groups is 1. The van der Waals surface area contributed by atoms with Gasteiger partial charge in [-0.25, -0.2) is 4.98 Å². The second kappa shape index (κ2) is 8.73. The molecule has 1 heterocycles. The van der Waals surface area contributed by atoms with Crippen molar-refractivity contribution in [1.29, 1.82) is 5.26 Å². The number of hydrogen-bond donors (Lipinski definition) is 1. The molecule has 0 spiro atoms. The highest BCUT2D eigenvalue weighted by Crippen LogP contribution is 2.07. The quantitative estimate of drug-likeness (QED) is 0.830. The summed E-state index contributed by atoms with van der Waals surface area (Å²) in [6.45, 7) is 4.83. The van der Waals surface area contributed by atoms with Crippen LogP contribution in [-0.4, -0.2) is 40.6 Å². The zero-order chi connectivity index (χ0) is 15.7. The maximum Gasteiger partial charge on any atom is 0.272 e. The normalized spacial score (nSPS) is 9.67. The van der Waals surface area contributed by atoms with E-state index in [9.17, 15) is 4.79 Å². The molecule has 0 radical (unpaired) electrons. The lowest BCUT2D eigenvalue weighted by molar-refractivity contribution is 0.0734. The van der Waals surface area contributed by atoms with Gasteiger partial charge in [0, 0.05) is 24.8 Å². The summed E-state index contributed by atoms with van der Waals surface area (Å²) in [4.78, 5) is 18.1. The number of aliphatic hydroxyl groups excluding tert-OH is 1. The van der Waals surface area contributed by atoms with E-state index in [1.165, 1.54) is 6.20 Å². The smallest absolute Gasteiger partial charge is 0.272 e. The van der Waals surface area contributed by atoms with Crippen LogP contribution in [0.1, 0.15) is 36.3 Å². The minimum atomic E-state index is -0.211. The molecule has 0 bridgehead atoms. The van der Waals surface area contributed by atoms with Gasteiger partial charge in [-0.3, -0.25) is 4.79 Å². The van der Waals surface area contributed by atoms with Crippen LogP contribution in [0, 0.1) is 29.1 Å². The maximum atomic E-state index is 12.4. The molecule has 1 amide bonds. The number of carbonyl (C=O) groups is 1. The van der Waals surface area contributed by atoms with Gasteiger partial charge in [-0.05, 0) is 18.1 Å². The molecule has 1 aromatic heterocycles. The topological polar surface area (TPSA) is 77.2 Å². The SMILES string of the molecule is CC(C)CN(CCC#N)C(=O)c1ccc(C#CCO)cn1.